The van der Waals surface area contributed by atoms with Crippen LogP contribution < -0.4 is 10.6 Å². The summed E-state index contributed by atoms with van der Waals surface area (Å²) in [5, 5.41) is 6.86. The molecule has 1 aliphatic rings. The molecule has 0 unspecified atom stereocenters. The molecule has 0 heterocycles. The zero-order valence-corrected chi connectivity index (χ0v) is 19.6. The first-order valence-corrected chi connectivity index (χ1v) is 9.55. The van der Waals surface area contributed by atoms with E-state index in [0.29, 0.717) is 5.92 Å². The molecule has 2 N–H and O–H groups in total. The van der Waals surface area contributed by atoms with Crippen LogP contribution in [0.4, 0.5) is 0 Å². The molecule has 6 nitrogen and oxygen atoms in total. The van der Waals surface area contributed by atoms with Crippen LogP contribution in [0, 0.1) is 11.3 Å². The number of amides is 1. The summed E-state index contributed by atoms with van der Waals surface area (Å²) in [5.74, 6) is 1.47. The molecule has 1 fully saturated rings. The highest BCUT2D eigenvalue weighted by Gasteiger charge is 2.19. The Morgan fingerprint density at radius 1 is 1.19 bits per heavy atom. The molecule has 1 aliphatic carbocycles. The van der Waals surface area contributed by atoms with E-state index in [9.17, 15) is 4.79 Å². The predicted octanol–water partition coefficient (Wildman–Crippen LogP) is 2.87. The third-order valence-corrected chi connectivity index (χ3v) is 4.87. The van der Waals surface area contributed by atoms with E-state index < -0.39 is 0 Å². The van der Waals surface area contributed by atoms with Crippen molar-refractivity contribution in [2.24, 2.45) is 16.3 Å². The number of carbonyl (C=O) groups is 1. The maximum atomic E-state index is 11.8. The molecule has 1 amide bonds. The molecule has 0 aliphatic heterocycles. The van der Waals surface area contributed by atoms with Gasteiger partial charge in [-0.15, -0.1) is 24.0 Å². The number of carbonyl (C=O) groups excluding carboxylic acids is 1. The number of halogens is 1. The topological polar surface area (TPSA) is 66.0 Å². The largest absolute Gasteiger partial charge is 0.385 e. The van der Waals surface area contributed by atoms with Gasteiger partial charge in [0.05, 0.1) is 0 Å². The third-order valence-electron chi connectivity index (χ3n) is 4.87. The zero-order valence-electron chi connectivity index (χ0n) is 17.3. The van der Waals surface area contributed by atoms with Crippen LogP contribution in [0.25, 0.3) is 0 Å². The molecule has 0 radical (unpaired) electrons. The summed E-state index contributed by atoms with van der Waals surface area (Å²) in [4.78, 5) is 17.9. The molecule has 0 saturated heterocycles. The van der Waals surface area contributed by atoms with Crippen LogP contribution in [0.5, 0.6) is 0 Å². The number of nitrogens with one attached hydrogen (secondary N) is 2. The minimum absolute atomic E-state index is 0. The van der Waals surface area contributed by atoms with Crippen LogP contribution >= 0.6 is 24.0 Å². The van der Waals surface area contributed by atoms with Crippen molar-refractivity contribution in [3.05, 3.63) is 0 Å². The number of guanidine groups is 1. The summed E-state index contributed by atoms with van der Waals surface area (Å²) in [7, 11) is 5.25. The van der Waals surface area contributed by atoms with E-state index in [1.807, 2.05) is 0 Å². The summed E-state index contributed by atoms with van der Waals surface area (Å²) in [6.45, 7) is 7.07. The fourth-order valence-corrected chi connectivity index (χ4v) is 2.88. The van der Waals surface area contributed by atoms with Crippen LogP contribution in [0.2, 0.25) is 0 Å². The van der Waals surface area contributed by atoms with E-state index in [1.165, 1.54) is 32.1 Å². The Bertz CT molecular complexity index is 422. The van der Waals surface area contributed by atoms with Crippen molar-refractivity contribution in [2.75, 3.05) is 47.4 Å². The molecule has 0 aromatic heterocycles. The van der Waals surface area contributed by atoms with Gasteiger partial charge in [0.1, 0.15) is 6.54 Å². The summed E-state index contributed by atoms with van der Waals surface area (Å²) in [5.41, 5.74) is 0.106. The lowest BCUT2D eigenvalue weighted by atomic mass is 9.89. The number of aliphatic imine (C=N–C) groups is 1. The van der Waals surface area contributed by atoms with E-state index >= 15 is 0 Å². The highest BCUT2D eigenvalue weighted by Crippen LogP contribution is 2.22. The van der Waals surface area contributed by atoms with Crippen molar-refractivity contribution in [1.82, 2.24) is 15.5 Å². The second-order valence-electron chi connectivity index (χ2n) is 8.10. The summed E-state index contributed by atoms with van der Waals surface area (Å²) in [6, 6.07) is 0. The standard InChI is InChI=1S/C19H38N4O2.HI/c1-19(2,11-12-25-5)15-22-18(21-14-17(24)23(3)4)20-13-16-9-7-6-8-10-16;/h16H,6-15H2,1-5H3,(H2,20,21,22);1H. The average Bonchev–Trinajstić information content (AvgIpc) is 2.59. The van der Waals surface area contributed by atoms with Crippen molar-refractivity contribution in [2.45, 2.75) is 52.4 Å². The molecule has 7 heteroatoms. The second-order valence-corrected chi connectivity index (χ2v) is 8.10. The van der Waals surface area contributed by atoms with Gasteiger partial charge in [0.2, 0.25) is 5.91 Å². The first-order valence-electron chi connectivity index (χ1n) is 9.55. The quantitative estimate of drug-likeness (QED) is 0.302. The van der Waals surface area contributed by atoms with E-state index in [0.717, 1.165) is 32.1 Å². The van der Waals surface area contributed by atoms with Gasteiger partial charge < -0.3 is 20.3 Å². The average molecular weight is 482 g/mol. The van der Waals surface area contributed by atoms with Crippen LogP contribution in [0.3, 0.4) is 0 Å². The molecule has 0 aromatic rings. The Balaban J connectivity index is 0.00000625. The van der Waals surface area contributed by atoms with Crippen molar-refractivity contribution in [3.8, 4) is 0 Å². The normalized spacial score (nSPS) is 16.0. The number of likely N-dealkylation sites (N-methyl/N-ethyl adjacent to an activating group) is 1. The number of ether oxygens (including phenoxy) is 1. The minimum Gasteiger partial charge on any atom is -0.385 e. The number of nitrogens with zero attached hydrogens (tertiary/aromatic N) is 2. The fourth-order valence-electron chi connectivity index (χ4n) is 2.88. The maximum Gasteiger partial charge on any atom is 0.243 e. The van der Waals surface area contributed by atoms with E-state index in [1.54, 1.807) is 26.1 Å². The SMILES string of the molecule is COCCC(C)(C)CNC(=NCC(=O)N(C)C)NCC1CCCCC1.I. The summed E-state index contributed by atoms with van der Waals surface area (Å²) in [6.07, 6.45) is 7.57. The van der Waals surface area contributed by atoms with Gasteiger partial charge in [-0.05, 0) is 30.6 Å². The number of hydrogen-bond acceptors (Lipinski definition) is 3. The van der Waals surface area contributed by atoms with E-state index in [4.69, 9.17) is 4.74 Å². The fraction of sp³-hybridized carbons (Fsp3) is 0.895. The van der Waals surface area contributed by atoms with Gasteiger partial charge >= 0.3 is 0 Å². The molecular formula is C19H39IN4O2. The number of methoxy groups -OCH3 is 1. The molecule has 1 saturated carbocycles. The van der Waals surface area contributed by atoms with Crippen molar-refractivity contribution < 1.29 is 9.53 Å². The lowest BCUT2D eigenvalue weighted by molar-refractivity contribution is -0.127. The lowest BCUT2D eigenvalue weighted by Crippen LogP contribution is -2.44. The van der Waals surface area contributed by atoms with Gasteiger partial charge in [-0.25, -0.2) is 4.99 Å². The molecule has 0 atom stereocenters. The third kappa shape index (κ3) is 11.2. The minimum atomic E-state index is 0. The number of hydrogen-bond donors (Lipinski definition) is 2. The van der Waals surface area contributed by atoms with Gasteiger partial charge in [-0.1, -0.05) is 33.1 Å². The summed E-state index contributed by atoms with van der Waals surface area (Å²) < 4.78 is 5.19. The van der Waals surface area contributed by atoms with Crippen molar-refractivity contribution in [3.63, 3.8) is 0 Å². The molecule has 0 bridgehead atoms. The van der Waals surface area contributed by atoms with Crippen molar-refractivity contribution >= 4 is 35.8 Å². The molecule has 0 aromatic carbocycles. The van der Waals surface area contributed by atoms with Gasteiger partial charge in [0.25, 0.3) is 0 Å². The highest BCUT2D eigenvalue weighted by atomic mass is 127. The molecule has 26 heavy (non-hydrogen) atoms. The second kappa shape index (κ2) is 13.6. The first-order chi connectivity index (χ1) is 11.8. The Labute approximate surface area is 176 Å². The monoisotopic (exact) mass is 482 g/mol. The Morgan fingerprint density at radius 3 is 2.42 bits per heavy atom. The summed E-state index contributed by atoms with van der Waals surface area (Å²) >= 11 is 0. The van der Waals surface area contributed by atoms with E-state index in [-0.39, 0.29) is 41.8 Å². The smallest absolute Gasteiger partial charge is 0.243 e. The maximum absolute atomic E-state index is 11.8. The van der Waals surface area contributed by atoms with Gasteiger partial charge in [-0.3, -0.25) is 4.79 Å². The molecule has 1 rings (SSSR count). The van der Waals surface area contributed by atoms with Crippen LogP contribution in [0.1, 0.15) is 52.4 Å². The van der Waals surface area contributed by atoms with Gasteiger partial charge in [0, 0.05) is 40.9 Å². The lowest BCUT2D eigenvalue weighted by Gasteiger charge is -2.27. The molecule has 0 spiro atoms. The highest BCUT2D eigenvalue weighted by molar-refractivity contribution is 14.0. The molecular weight excluding hydrogens is 443 g/mol. The Morgan fingerprint density at radius 2 is 1.85 bits per heavy atom. The van der Waals surface area contributed by atoms with Crippen LogP contribution in [0.15, 0.2) is 4.99 Å². The molecule has 154 valence electrons. The van der Waals surface area contributed by atoms with Gasteiger partial charge in [-0.2, -0.15) is 0 Å². The van der Waals surface area contributed by atoms with E-state index in [2.05, 4.69) is 29.5 Å². The predicted molar refractivity (Wildman–Crippen MR) is 119 cm³/mol. The Hall–Kier alpha value is -0.570. The van der Waals surface area contributed by atoms with Crippen LogP contribution in [-0.2, 0) is 9.53 Å². The van der Waals surface area contributed by atoms with Crippen LogP contribution in [-0.4, -0.2) is 64.2 Å². The van der Waals surface area contributed by atoms with Crippen molar-refractivity contribution in [1.29, 1.82) is 0 Å². The first kappa shape index (κ1) is 25.4. The Kier molecular flexibility index (Phi) is 13.3. The van der Waals surface area contributed by atoms with Gasteiger partial charge in [0.15, 0.2) is 5.96 Å². The number of rotatable bonds is 9. The zero-order chi connectivity index (χ0) is 18.7.